The molecule has 1 aromatic rings. The number of aromatic carboxylic acids is 1. The number of carboxylic acid groups (broad SMARTS) is 1. The van der Waals surface area contributed by atoms with Crippen molar-refractivity contribution in [1.29, 1.82) is 0 Å². The minimum absolute atomic E-state index is 0.110. The Morgan fingerprint density at radius 2 is 1.86 bits per heavy atom. The topological polar surface area (TPSA) is 95.0 Å². The molecule has 7 nitrogen and oxygen atoms in total. The van der Waals surface area contributed by atoms with E-state index in [2.05, 4.69) is 0 Å². The van der Waals surface area contributed by atoms with Gasteiger partial charge in [-0.25, -0.2) is 13.2 Å². The van der Waals surface area contributed by atoms with Crippen LogP contribution in [0.5, 0.6) is 0 Å². The van der Waals surface area contributed by atoms with Crippen LogP contribution in [0.3, 0.4) is 0 Å². The molecule has 0 aliphatic rings. The minimum Gasteiger partial charge on any atom is -0.478 e. The van der Waals surface area contributed by atoms with Gasteiger partial charge in [-0.2, -0.15) is 4.31 Å². The smallest absolute Gasteiger partial charge is 0.335 e. The summed E-state index contributed by atoms with van der Waals surface area (Å²) >= 11 is 0. The van der Waals surface area contributed by atoms with Crippen molar-refractivity contribution in [3.63, 3.8) is 0 Å². The van der Waals surface area contributed by atoms with Crippen LogP contribution >= 0.6 is 0 Å². The van der Waals surface area contributed by atoms with Gasteiger partial charge in [0.1, 0.15) is 0 Å². The Labute approximate surface area is 123 Å². The third kappa shape index (κ3) is 4.02. The molecule has 1 rings (SSSR count). The predicted molar refractivity (Wildman–Crippen MR) is 76.5 cm³/mol. The summed E-state index contributed by atoms with van der Waals surface area (Å²) in [6, 6.07) is 5.06. The van der Waals surface area contributed by atoms with E-state index in [4.69, 9.17) is 5.11 Å². The Kier molecular flexibility index (Phi) is 5.45. The van der Waals surface area contributed by atoms with Gasteiger partial charge in [0.25, 0.3) is 0 Å². The molecule has 0 radical (unpaired) electrons. The lowest BCUT2D eigenvalue weighted by Crippen LogP contribution is -2.40. The van der Waals surface area contributed by atoms with E-state index in [1.807, 2.05) is 0 Å². The number of amides is 1. The number of benzene rings is 1. The predicted octanol–water partition coefficient (Wildman–Crippen LogP) is 0.484. The van der Waals surface area contributed by atoms with E-state index in [9.17, 15) is 18.0 Å². The number of hydrogen-bond acceptors (Lipinski definition) is 4. The highest BCUT2D eigenvalue weighted by Crippen LogP contribution is 2.17. The first-order valence-corrected chi connectivity index (χ1v) is 7.67. The van der Waals surface area contributed by atoms with Gasteiger partial charge in [0.2, 0.25) is 15.9 Å². The summed E-state index contributed by atoms with van der Waals surface area (Å²) < 4.78 is 25.9. The molecule has 116 valence electrons. The summed E-state index contributed by atoms with van der Waals surface area (Å²) in [5.41, 5.74) is -0.119. The van der Waals surface area contributed by atoms with Crippen LogP contribution in [-0.4, -0.2) is 61.8 Å². The molecule has 0 unspecified atom stereocenters. The van der Waals surface area contributed by atoms with Crippen molar-refractivity contribution < 1.29 is 23.1 Å². The van der Waals surface area contributed by atoms with Crippen LogP contribution in [-0.2, 0) is 14.8 Å². The first-order valence-electron chi connectivity index (χ1n) is 6.23. The molecule has 1 amide bonds. The van der Waals surface area contributed by atoms with Gasteiger partial charge in [0, 0.05) is 20.6 Å². The van der Waals surface area contributed by atoms with Gasteiger partial charge < -0.3 is 10.0 Å². The van der Waals surface area contributed by atoms with Gasteiger partial charge in [0.05, 0.1) is 17.0 Å². The normalized spacial score (nSPS) is 11.4. The summed E-state index contributed by atoms with van der Waals surface area (Å²) in [5.74, 6) is -1.56. The average Bonchev–Trinajstić information content (AvgIpc) is 2.44. The molecule has 0 spiro atoms. The number of rotatable bonds is 6. The first kappa shape index (κ1) is 17.1. The highest BCUT2D eigenvalue weighted by atomic mass is 32.2. The van der Waals surface area contributed by atoms with Gasteiger partial charge in [-0.1, -0.05) is 13.0 Å². The van der Waals surface area contributed by atoms with Crippen LogP contribution in [0.1, 0.15) is 17.3 Å². The zero-order chi connectivity index (χ0) is 16.2. The fourth-order valence-corrected chi connectivity index (χ4v) is 3.04. The van der Waals surface area contributed by atoms with Gasteiger partial charge in [-0.3, -0.25) is 4.79 Å². The molecule has 0 heterocycles. The maximum atomic E-state index is 12.5. The van der Waals surface area contributed by atoms with Crippen molar-refractivity contribution >= 4 is 21.9 Å². The molecule has 8 heteroatoms. The average molecular weight is 314 g/mol. The lowest BCUT2D eigenvalue weighted by molar-refractivity contribution is -0.128. The molecule has 0 aromatic heterocycles. The number of sulfonamides is 1. The number of hydrogen-bond donors (Lipinski definition) is 1. The second-order valence-corrected chi connectivity index (χ2v) is 6.49. The summed E-state index contributed by atoms with van der Waals surface area (Å²) in [4.78, 5) is 23.8. The van der Waals surface area contributed by atoms with Gasteiger partial charge in [0.15, 0.2) is 0 Å². The van der Waals surface area contributed by atoms with Gasteiger partial charge >= 0.3 is 5.97 Å². The molecule has 1 aromatic carbocycles. The summed E-state index contributed by atoms with van der Waals surface area (Å²) in [6.45, 7) is 1.43. The highest BCUT2D eigenvalue weighted by Gasteiger charge is 2.26. The Morgan fingerprint density at radius 3 is 2.33 bits per heavy atom. The molecule has 0 saturated heterocycles. The van der Waals surface area contributed by atoms with Crippen LogP contribution in [0.2, 0.25) is 0 Å². The fourth-order valence-electron chi connectivity index (χ4n) is 1.60. The van der Waals surface area contributed by atoms with E-state index in [1.165, 1.54) is 37.2 Å². The molecular formula is C13H18N2O5S. The third-order valence-corrected chi connectivity index (χ3v) is 4.80. The van der Waals surface area contributed by atoms with E-state index < -0.39 is 16.0 Å². The second kappa shape index (κ2) is 6.68. The summed E-state index contributed by atoms with van der Waals surface area (Å²) in [6.07, 6.45) is 0. The Balaban J connectivity index is 3.16. The van der Waals surface area contributed by atoms with Gasteiger partial charge in [-0.15, -0.1) is 0 Å². The maximum absolute atomic E-state index is 12.5. The molecule has 21 heavy (non-hydrogen) atoms. The molecule has 0 atom stereocenters. The summed E-state index contributed by atoms with van der Waals surface area (Å²) in [7, 11) is -0.842. The Bertz CT molecular complexity index is 640. The fraction of sp³-hybridized carbons (Fsp3) is 0.385. The van der Waals surface area contributed by atoms with Crippen molar-refractivity contribution in [2.45, 2.75) is 11.8 Å². The highest BCUT2D eigenvalue weighted by molar-refractivity contribution is 7.89. The van der Waals surface area contributed by atoms with Crippen molar-refractivity contribution in [3.05, 3.63) is 29.8 Å². The third-order valence-electron chi connectivity index (χ3n) is 2.88. The van der Waals surface area contributed by atoms with Crippen molar-refractivity contribution in [2.75, 3.05) is 27.2 Å². The van der Waals surface area contributed by atoms with Crippen LogP contribution in [0, 0.1) is 0 Å². The van der Waals surface area contributed by atoms with E-state index in [0.29, 0.717) is 0 Å². The van der Waals surface area contributed by atoms with Crippen LogP contribution < -0.4 is 0 Å². The van der Waals surface area contributed by atoms with E-state index >= 15 is 0 Å². The number of carbonyl (C=O) groups is 2. The molecule has 0 aliphatic heterocycles. The van der Waals surface area contributed by atoms with Gasteiger partial charge in [-0.05, 0) is 18.2 Å². The lowest BCUT2D eigenvalue weighted by Gasteiger charge is -2.22. The Morgan fingerprint density at radius 1 is 1.24 bits per heavy atom. The standard InChI is InChI=1S/C13H18N2O5S/c1-4-15(9-12(16)14(2)3)21(19,20)11-7-5-6-10(8-11)13(17)18/h5-8H,4,9H2,1-3H3,(H,17,18). The van der Waals surface area contributed by atoms with Crippen molar-refractivity contribution in [1.82, 2.24) is 9.21 Å². The molecule has 0 bridgehead atoms. The first-order chi connectivity index (χ1) is 9.70. The Hall–Kier alpha value is -1.93. The number of nitrogens with zero attached hydrogens (tertiary/aromatic N) is 2. The molecular weight excluding hydrogens is 296 g/mol. The monoisotopic (exact) mass is 314 g/mol. The van der Waals surface area contributed by atoms with Crippen LogP contribution in [0.25, 0.3) is 0 Å². The molecule has 0 fully saturated rings. The summed E-state index contributed by atoms with van der Waals surface area (Å²) in [5, 5.41) is 8.92. The van der Waals surface area contributed by atoms with E-state index in [1.54, 1.807) is 6.92 Å². The van der Waals surface area contributed by atoms with Crippen LogP contribution in [0.15, 0.2) is 29.2 Å². The molecule has 0 aliphatic carbocycles. The lowest BCUT2D eigenvalue weighted by atomic mass is 10.2. The largest absolute Gasteiger partial charge is 0.478 e. The quantitative estimate of drug-likeness (QED) is 0.824. The maximum Gasteiger partial charge on any atom is 0.335 e. The number of carbonyl (C=O) groups excluding carboxylic acids is 1. The second-order valence-electron chi connectivity index (χ2n) is 4.55. The van der Waals surface area contributed by atoms with Crippen molar-refractivity contribution in [2.24, 2.45) is 0 Å². The van der Waals surface area contributed by atoms with Crippen LogP contribution in [0.4, 0.5) is 0 Å². The zero-order valence-electron chi connectivity index (χ0n) is 12.1. The molecule has 0 saturated carbocycles. The van der Waals surface area contributed by atoms with E-state index in [-0.39, 0.29) is 29.5 Å². The number of likely N-dealkylation sites (N-methyl/N-ethyl adjacent to an activating group) is 2. The number of carboxylic acids is 1. The zero-order valence-corrected chi connectivity index (χ0v) is 12.9. The molecule has 1 N–H and O–H groups in total. The minimum atomic E-state index is -3.91. The SMILES string of the molecule is CCN(CC(=O)N(C)C)S(=O)(=O)c1cccc(C(=O)O)c1. The van der Waals surface area contributed by atoms with Crippen molar-refractivity contribution in [3.8, 4) is 0 Å². The van der Waals surface area contributed by atoms with E-state index in [0.717, 1.165) is 10.4 Å².